The van der Waals surface area contributed by atoms with Crippen LogP contribution in [0.2, 0.25) is 0 Å². The number of piperidine rings is 1. The van der Waals surface area contributed by atoms with Crippen LogP contribution in [0.3, 0.4) is 0 Å². The smallest absolute Gasteiger partial charge is 0.321 e. The molecule has 0 saturated carbocycles. The van der Waals surface area contributed by atoms with Crippen LogP contribution in [0.4, 0.5) is 0 Å². The van der Waals surface area contributed by atoms with Gasteiger partial charge in [-0.3, -0.25) is 19.7 Å². The molecule has 1 heterocycles. The van der Waals surface area contributed by atoms with E-state index >= 15 is 0 Å². The molecule has 21 heavy (non-hydrogen) atoms. The topological polar surface area (TPSA) is 95.5 Å². The molecule has 1 fully saturated rings. The summed E-state index contributed by atoms with van der Waals surface area (Å²) in [4.78, 5) is 34.0. The summed E-state index contributed by atoms with van der Waals surface area (Å²) >= 11 is 0. The van der Waals surface area contributed by atoms with Crippen LogP contribution < -0.4 is 10.6 Å². The number of benzene rings is 1. The predicted molar refractivity (Wildman–Crippen MR) is 75.4 cm³/mol. The van der Waals surface area contributed by atoms with E-state index in [1.54, 1.807) is 0 Å². The lowest BCUT2D eigenvalue weighted by Gasteiger charge is -2.23. The quantitative estimate of drug-likeness (QED) is 0.656. The van der Waals surface area contributed by atoms with Crippen LogP contribution in [0, 0.1) is 5.92 Å². The molecule has 6 nitrogen and oxygen atoms in total. The molecule has 3 N–H and O–H groups in total. The fourth-order valence-electron chi connectivity index (χ4n) is 2.31. The Balaban J connectivity index is 1.90. The molecule has 2 rings (SSSR count). The van der Waals surface area contributed by atoms with E-state index in [1.165, 1.54) is 0 Å². The van der Waals surface area contributed by atoms with Crippen LogP contribution in [0.5, 0.6) is 0 Å². The maximum Gasteiger partial charge on any atom is 0.321 e. The molecule has 2 atom stereocenters. The van der Waals surface area contributed by atoms with Gasteiger partial charge in [-0.05, 0) is 18.4 Å². The molecule has 1 aliphatic heterocycles. The second kappa shape index (κ2) is 6.99. The van der Waals surface area contributed by atoms with E-state index in [0.717, 1.165) is 5.56 Å². The fraction of sp³-hybridized carbons (Fsp3) is 0.400. The third-order valence-electron chi connectivity index (χ3n) is 3.54. The zero-order valence-corrected chi connectivity index (χ0v) is 11.5. The predicted octanol–water partition coefficient (Wildman–Crippen LogP) is 0.325. The Labute approximate surface area is 122 Å². The van der Waals surface area contributed by atoms with Gasteiger partial charge in [0.15, 0.2) is 0 Å². The number of hydrogen-bond acceptors (Lipinski definition) is 4. The van der Waals surface area contributed by atoms with Gasteiger partial charge >= 0.3 is 5.97 Å². The van der Waals surface area contributed by atoms with E-state index < -0.39 is 12.0 Å². The number of aliphatic carboxylic acids is 1. The molecule has 0 spiro atoms. The number of carboxylic acid groups (broad SMARTS) is 1. The third-order valence-corrected chi connectivity index (χ3v) is 3.54. The van der Waals surface area contributed by atoms with Crippen molar-refractivity contribution in [3.63, 3.8) is 0 Å². The number of rotatable bonds is 6. The molecule has 0 aromatic heterocycles. The van der Waals surface area contributed by atoms with Crippen molar-refractivity contribution in [2.75, 3.05) is 6.54 Å². The average molecular weight is 290 g/mol. The van der Waals surface area contributed by atoms with E-state index in [9.17, 15) is 19.5 Å². The molecule has 0 radical (unpaired) electrons. The summed E-state index contributed by atoms with van der Waals surface area (Å²) in [6.07, 6.45) is 1.10. The van der Waals surface area contributed by atoms with Gasteiger partial charge in [0, 0.05) is 13.0 Å². The summed E-state index contributed by atoms with van der Waals surface area (Å²) < 4.78 is 0. The second-order valence-corrected chi connectivity index (χ2v) is 5.14. The molecule has 6 heteroatoms. The third kappa shape index (κ3) is 4.39. The van der Waals surface area contributed by atoms with E-state index in [4.69, 9.17) is 0 Å². The van der Waals surface area contributed by atoms with Crippen molar-refractivity contribution in [2.24, 2.45) is 5.92 Å². The van der Waals surface area contributed by atoms with Crippen molar-refractivity contribution in [2.45, 2.75) is 25.3 Å². The minimum atomic E-state index is -0.953. The number of nitrogens with one attached hydrogen (secondary N) is 2. The highest BCUT2D eigenvalue weighted by molar-refractivity contribution is 5.98. The van der Waals surface area contributed by atoms with Gasteiger partial charge in [0.05, 0.1) is 5.92 Å². The first kappa shape index (κ1) is 15.2. The molecule has 0 bridgehead atoms. The van der Waals surface area contributed by atoms with Gasteiger partial charge in [-0.25, -0.2) is 0 Å². The number of carbonyl (C=O) groups is 3. The minimum Gasteiger partial charge on any atom is -0.480 e. The Morgan fingerprint density at radius 2 is 2.05 bits per heavy atom. The molecule has 112 valence electrons. The Bertz CT molecular complexity index is 530. The number of carbonyl (C=O) groups excluding carboxylic acids is 2. The van der Waals surface area contributed by atoms with E-state index in [1.807, 2.05) is 30.3 Å². The first-order valence-corrected chi connectivity index (χ1v) is 6.90. The standard InChI is InChI=1S/C15H18N2O4/c18-13-7-6-11(14(19)17-13)9-16-12(15(20)21)8-10-4-2-1-3-5-10/h1-5,11-12,16H,6-9H2,(H,20,21)(H,17,18,19). The first-order valence-electron chi connectivity index (χ1n) is 6.90. The summed E-state index contributed by atoms with van der Waals surface area (Å²) in [7, 11) is 0. The maximum atomic E-state index is 11.6. The summed E-state index contributed by atoms with van der Waals surface area (Å²) in [5.74, 6) is -1.91. The molecule has 1 saturated heterocycles. The Morgan fingerprint density at radius 1 is 1.33 bits per heavy atom. The molecular formula is C15H18N2O4. The van der Waals surface area contributed by atoms with Crippen molar-refractivity contribution in [3.8, 4) is 0 Å². The van der Waals surface area contributed by atoms with Crippen molar-refractivity contribution in [1.29, 1.82) is 0 Å². The summed E-state index contributed by atoms with van der Waals surface area (Å²) in [6.45, 7) is 0.253. The monoisotopic (exact) mass is 290 g/mol. The summed E-state index contributed by atoms with van der Waals surface area (Å²) in [6, 6.07) is 8.56. The lowest BCUT2D eigenvalue weighted by atomic mass is 9.97. The van der Waals surface area contributed by atoms with Gasteiger partial charge in [0.1, 0.15) is 6.04 Å². The number of hydrogen-bond donors (Lipinski definition) is 3. The van der Waals surface area contributed by atoms with Crippen LogP contribution in [0.15, 0.2) is 30.3 Å². The average Bonchev–Trinajstić information content (AvgIpc) is 2.46. The lowest BCUT2D eigenvalue weighted by molar-refractivity contribution is -0.141. The normalized spacial score (nSPS) is 19.9. The van der Waals surface area contributed by atoms with Crippen LogP contribution in [0.1, 0.15) is 18.4 Å². The molecular weight excluding hydrogens is 272 g/mol. The van der Waals surface area contributed by atoms with Gasteiger partial charge in [-0.2, -0.15) is 0 Å². The van der Waals surface area contributed by atoms with E-state index in [-0.39, 0.29) is 24.3 Å². The minimum absolute atomic E-state index is 0.253. The molecule has 1 aliphatic rings. The lowest BCUT2D eigenvalue weighted by Crippen LogP contribution is -2.48. The first-order chi connectivity index (χ1) is 10.1. The van der Waals surface area contributed by atoms with Gasteiger partial charge in [-0.15, -0.1) is 0 Å². The Morgan fingerprint density at radius 3 is 2.67 bits per heavy atom. The SMILES string of the molecule is O=C1CCC(CNC(Cc2ccccc2)C(=O)O)C(=O)N1. The molecule has 1 aromatic carbocycles. The van der Waals surface area contributed by atoms with Crippen molar-refractivity contribution >= 4 is 17.8 Å². The van der Waals surface area contributed by atoms with Gasteiger partial charge in [-0.1, -0.05) is 30.3 Å². The van der Waals surface area contributed by atoms with Gasteiger partial charge in [0.25, 0.3) is 0 Å². The number of imide groups is 1. The van der Waals surface area contributed by atoms with Crippen LogP contribution in [-0.4, -0.2) is 35.5 Å². The van der Waals surface area contributed by atoms with Gasteiger partial charge in [0.2, 0.25) is 11.8 Å². The largest absolute Gasteiger partial charge is 0.480 e. The van der Waals surface area contributed by atoms with Crippen molar-refractivity contribution in [3.05, 3.63) is 35.9 Å². The Hall–Kier alpha value is -2.21. The second-order valence-electron chi connectivity index (χ2n) is 5.14. The van der Waals surface area contributed by atoms with Crippen LogP contribution in [0.25, 0.3) is 0 Å². The summed E-state index contributed by atoms with van der Waals surface area (Å²) in [5, 5.41) is 14.4. The fourth-order valence-corrected chi connectivity index (χ4v) is 2.31. The van der Waals surface area contributed by atoms with Gasteiger partial charge < -0.3 is 10.4 Å². The number of carboxylic acids is 1. The molecule has 0 aliphatic carbocycles. The number of amides is 2. The zero-order valence-electron chi connectivity index (χ0n) is 11.5. The van der Waals surface area contributed by atoms with Crippen LogP contribution >= 0.6 is 0 Å². The molecule has 1 aromatic rings. The molecule has 2 amide bonds. The van der Waals surface area contributed by atoms with Crippen LogP contribution in [-0.2, 0) is 20.8 Å². The Kier molecular flexibility index (Phi) is 5.05. The van der Waals surface area contributed by atoms with Crippen molar-refractivity contribution in [1.82, 2.24) is 10.6 Å². The summed E-state index contributed by atoms with van der Waals surface area (Å²) in [5.41, 5.74) is 0.917. The van der Waals surface area contributed by atoms with Crippen molar-refractivity contribution < 1.29 is 19.5 Å². The van der Waals surface area contributed by atoms with E-state index in [0.29, 0.717) is 19.3 Å². The van der Waals surface area contributed by atoms with E-state index in [2.05, 4.69) is 10.6 Å². The highest BCUT2D eigenvalue weighted by atomic mass is 16.4. The highest BCUT2D eigenvalue weighted by Gasteiger charge is 2.28. The maximum absolute atomic E-state index is 11.6. The zero-order chi connectivity index (χ0) is 15.2. The highest BCUT2D eigenvalue weighted by Crippen LogP contribution is 2.12. The molecule has 2 unspecified atom stereocenters.